The number of ether oxygens (including phenoxy) is 1. The maximum absolute atomic E-state index is 5.68. The van der Waals surface area contributed by atoms with Crippen molar-refractivity contribution >= 4 is 31.9 Å². The first-order valence-electron chi connectivity index (χ1n) is 5.47. The molecule has 0 spiro atoms. The average Bonchev–Trinajstić information content (AvgIpc) is 2.24. The van der Waals surface area contributed by atoms with Gasteiger partial charge in [0, 0.05) is 27.1 Å². The van der Waals surface area contributed by atoms with Gasteiger partial charge < -0.3 is 10.1 Å². The molecule has 94 valence electrons. The van der Waals surface area contributed by atoms with Crippen LogP contribution in [-0.4, -0.2) is 12.6 Å². The second-order valence-electron chi connectivity index (χ2n) is 4.09. The third-order valence-electron chi connectivity index (χ3n) is 2.11. The minimum atomic E-state index is 0.452. The third kappa shape index (κ3) is 5.70. The van der Waals surface area contributed by atoms with Gasteiger partial charge in [-0.2, -0.15) is 0 Å². The van der Waals surface area contributed by atoms with Gasteiger partial charge in [-0.1, -0.05) is 52.3 Å². The van der Waals surface area contributed by atoms with E-state index in [1.54, 1.807) is 0 Å². The Morgan fingerprint density at radius 1 is 1.47 bits per heavy atom. The van der Waals surface area contributed by atoms with Gasteiger partial charge in [-0.15, -0.1) is 0 Å². The number of rotatable bonds is 6. The van der Waals surface area contributed by atoms with Crippen LogP contribution in [0.4, 0.5) is 0 Å². The van der Waals surface area contributed by atoms with Crippen molar-refractivity contribution in [1.82, 2.24) is 5.32 Å². The number of hydrogen-bond acceptors (Lipinski definition) is 2. The van der Waals surface area contributed by atoms with Crippen LogP contribution in [0.3, 0.4) is 0 Å². The van der Waals surface area contributed by atoms with Crippen LogP contribution in [0.5, 0.6) is 5.75 Å². The van der Waals surface area contributed by atoms with Crippen LogP contribution in [0.15, 0.2) is 33.7 Å². The van der Waals surface area contributed by atoms with Crippen molar-refractivity contribution in [2.24, 2.45) is 0 Å². The summed E-state index contributed by atoms with van der Waals surface area (Å²) in [7, 11) is 0. The summed E-state index contributed by atoms with van der Waals surface area (Å²) in [6, 6.07) is 6.47. The van der Waals surface area contributed by atoms with E-state index in [0.29, 0.717) is 12.6 Å². The van der Waals surface area contributed by atoms with Crippen LogP contribution in [0.1, 0.15) is 19.4 Å². The van der Waals surface area contributed by atoms with Gasteiger partial charge in [0.25, 0.3) is 0 Å². The highest BCUT2D eigenvalue weighted by Gasteiger charge is 2.05. The fraction of sp³-hybridized carbons (Fsp3) is 0.385. The van der Waals surface area contributed by atoms with Gasteiger partial charge in [0.2, 0.25) is 0 Å². The number of hydrogen-bond donors (Lipinski definition) is 1. The van der Waals surface area contributed by atoms with Gasteiger partial charge in [0.05, 0.1) is 0 Å². The van der Waals surface area contributed by atoms with E-state index in [2.05, 4.69) is 63.7 Å². The molecule has 0 aliphatic rings. The molecule has 4 heteroatoms. The van der Waals surface area contributed by atoms with Crippen LogP contribution >= 0.6 is 31.9 Å². The Labute approximate surface area is 120 Å². The monoisotopic (exact) mass is 361 g/mol. The predicted molar refractivity (Wildman–Crippen MR) is 79.7 cm³/mol. The Morgan fingerprint density at radius 2 is 2.18 bits per heavy atom. The molecule has 0 aliphatic heterocycles. The quantitative estimate of drug-likeness (QED) is 0.817. The lowest BCUT2D eigenvalue weighted by atomic mass is 10.2. The van der Waals surface area contributed by atoms with E-state index in [0.717, 1.165) is 26.8 Å². The molecule has 0 saturated heterocycles. The summed E-state index contributed by atoms with van der Waals surface area (Å²) >= 11 is 6.76. The summed E-state index contributed by atoms with van der Waals surface area (Å²) in [4.78, 5) is 0. The van der Waals surface area contributed by atoms with Crippen molar-refractivity contribution in [2.45, 2.75) is 26.4 Å². The second-order valence-corrected chi connectivity index (χ2v) is 6.13. The second kappa shape index (κ2) is 7.19. The predicted octanol–water partition coefficient (Wildman–Crippen LogP) is 4.23. The third-order valence-corrected chi connectivity index (χ3v) is 2.83. The number of halogens is 2. The SMILES string of the molecule is C=C(Br)COc1ccc(Br)cc1CNC(C)C. The molecule has 2 nitrogen and oxygen atoms in total. The standard InChI is InChI=1S/C13H17Br2NO/c1-9(2)16-7-11-6-12(15)4-5-13(11)17-8-10(3)14/h4-6,9,16H,3,7-8H2,1-2H3. The van der Waals surface area contributed by atoms with Crippen LogP contribution in [0.25, 0.3) is 0 Å². The molecule has 0 aromatic heterocycles. The average molecular weight is 363 g/mol. The molecule has 1 aromatic carbocycles. The van der Waals surface area contributed by atoms with E-state index in [4.69, 9.17) is 4.74 Å². The molecule has 0 unspecified atom stereocenters. The molecule has 1 rings (SSSR count). The topological polar surface area (TPSA) is 21.3 Å². The highest BCUT2D eigenvalue weighted by atomic mass is 79.9. The lowest BCUT2D eigenvalue weighted by Crippen LogP contribution is -2.22. The van der Waals surface area contributed by atoms with Crippen LogP contribution in [0, 0.1) is 0 Å². The van der Waals surface area contributed by atoms with Crippen molar-refractivity contribution < 1.29 is 4.74 Å². The van der Waals surface area contributed by atoms with Crippen molar-refractivity contribution in [1.29, 1.82) is 0 Å². The van der Waals surface area contributed by atoms with Gasteiger partial charge in [-0.05, 0) is 18.2 Å². The smallest absolute Gasteiger partial charge is 0.124 e. The Balaban J connectivity index is 2.76. The molecule has 0 radical (unpaired) electrons. The molecule has 0 fully saturated rings. The van der Waals surface area contributed by atoms with E-state index < -0.39 is 0 Å². The van der Waals surface area contributed by atoms with E-state index in [1.807, 2.05) is 12.1 Å². The Kier molecular flexibility index (Phi) is 6.23. The van der Waals surface area contributed by atoms with Gasteiger partial charge in [-0.25, -0.2) is 0 Å². The van der Waals surface area contributed by atoms with Gasteiger partial charge in [-0.3, -0.25) is 0 Å². The number of benzene rings is 1. The molecule has 1 N–H and O–H groups in total. The normalized spacial score (nSPS) is 10.6. The van der Waals surface area contributed by atoms with Gasteiger partial charge >= 0.3 is 0 Å². The fourth-order valence-electron chi connectivity index (χ4n) is 1.30. The lowest BCUT2D eigenvalue weighted by molar-refractivity contribution is 0.355. The zero-order valence-electron chi connectivity index (χ0n) is 10.1. The summed E-state index contributed by atoms with van der Waals surface area (Å²) in [5.74, 6) is 0.891. The molecule has 0 aliphatic carbocycles. The van der Waals surface area contributed by atoms with Crippen molar-refractivity contribution in [2.75, 3.05) is 6.61 Å². The Bertz CT molecular complexity index is 391. The maximum Gasteiger partial charge on any atom is 0.124 e. The first-order valence-corrected chi connectivity index (χ1v) is 7.05. The van der Waals surface area contributed by atoms with E-state index in [1.165, 1.54) is 0 Å². The summed E-state index contributed by atoms with van der Waals surface area (Å²) in [5, 5.41) is 3.38. The molecular formula is C13H17Br2NO. The highest BCUT2D eigenvalue weighted by molar-refractivity contribution is 9.11. The Morgan fingerprint density at radius 3 is 2.76 bits per heavy atom. The largest absolute Gasteiger partial charge is 0.488 e. The molecule has 0 atom stereocenters. The van der Waals surface area contributed by atoms with Crippen LogP contribution in [0.2, 0.25) is 0 Å². The lowest BCUT2D eigenvalue weighted by Gasteiger charge is -2.14. The van der Waals surface area contributed by atoms with E-state index in [-0.39, 0.29) is 0 Å². The maximum atomic E-state index is 5.68. The summed E-state index contributed by atoms with van der Waals surface area (Å²) in [5.41, 5.74) is 1.14. The summed E-state index contributed by atoms with van der Waals surface area (Å²) < 4.78 is 7.57. The summed E-state index contributed by atoms with van der Waals surface area (Å²) in [6.07, 6.45) is 0. The number of nitrogens with one attached hydrogen (secondary N) is 1. The van der Waals surface area contributed by atoms with Crippen molar-refractivity contribution in [3.63, 3.8) is 0 Å². The van der Waals surface area contributed by atoms with Crippen molar-refractivity contribution in [3.05, 3.63) is 39.3 Å². The minimum absolute atomic E-state index is 0.452. The van der Waals surface area contributed by atoms with Crippen LogP contribution in [-0.2, 0) is 6.54 Å². The van der Waals surface area contributed by atoms with E-state index >= 15 is 0 Å². The molecule has 0 saturated carbocycles. The molecule has 17 heavy (non-hydrogen) atoms. The Hall–Kier alpha value is -0.320. The zero-order chi connectivity index (χ0) is 12.8. The molecular weight excluding hydrogens is 346 g/mol. The molecule has 1 aromatic rings. The first-order chi connectivity index (χ1) is 7.99. The minimum Gasteiger partial charge on any atom is -0.488 e. The fourth-order valence-corrected chi connectivity index (χ4v) is 1.82. The molecule has 0 bridgehead atoms. The van der Waals surface area contributed by atoms with E-state index in [9.17, 15) is 0 Å². The molecule has 0 amide bonds. The summed E-state index contributed by atoms with van der Waals surface area (Å²) in [6.45, 7) is 9.28. The first kappa shape index (κ1) is 14.7. The van der Waals surface area contributed by atoms with Gasteiger partial charge in [0.1, 0.15) is 12.4 Å². The molecule has 0 heterocycles. The van der Waals surface area contributed by atoms with Crippen molar-refractivity contribution in [3.8, 4) is 5.75 Å². The van der Waals surface area contributed by atoms with Gasteiger partial charge in [0.15, 0.2) is 0 Å². The van der Waals surface area contributed by atoms with Crippen LogP contribution < -0.4 is 10.1 Å². The highest BCUT2D eigenvalue weighted by Crippen LogP contribution is 2.24. The zero-order valence-corrected chi connectivity index (χ0v) is 13.3.